The van der Waals surface area contributed by atoms with Crippen LogP contribution in [-0.4, -0.2) is 30.2 Å². The van der Waals surface area contributed by atoms with E-state index in [9.17, 15) is 44.6 Å². The lowest BCUT2D eigenvalue weighted by atomic mass is 9.92. The lowest BCUT2D eigenvalue weighted by Gasteiger charge is -2.33. The van der Waals surface area contributed by atoms with E-state index < -0.39 is 36.2 Å². The Bertz CT molecular complexity index is 753. The number of rotatable bonds is 5. The van der Waals surface area contributed by atoms with Gasteiger partial charge in [-0.1, -0.05) is 18.2 Å². The average molecular weight is 455 g/mol. The van der Waals surface area contributed by atoms with Crippen LogP contribution in [0.25, 0.3) is 0 Å². The fourth-order valence-corrected chi connectivity index (χ4v) is 3.97. The molecule has 0 fully saturated rings. The van der Waals surface area contributed by atoms with Gasteiger partial charge in [0.1, 0.15) is 6.54 Å². The van der Waals surface area contributed by atoms with Crippen molar-refractivity contribution in [2.45, 2.75) is 28.3 Å². The van der Waals surface area contributed by atoms with Crippen LogP contribution in [0.4, 0.5) is 45.2 Å². The third-order valence-electron chi connectivity index (χ3n) is 3.41. The van der Waals surface area contributed by atoms with Crippen LogP contribution in [0.1, 0.15) is 5.56 Å². The first kappa shape index (κ1) is 22.7. The molecule has 2 aromatic rings. The van der Waals surface area contributed by atoms with E-state index in [2.05, 4.69) is 0 Å². The van der Waals surface area contributed by atoms with Crippen LogP contribution in [0.5, 0.6) is 0 Å². The molecule has 1 heterocycles. The van der Waals surface area contributed by atoms with Gasteiger partial charge in [-0.15, -0.1) is 11.3 Å². The smallest absolute Gasteiger partial charge is 0.369 e. The molecule has 0 atom stereocenters. The second kappa shape index (κ2) is 7.67. The van der Waals surface area contributed by atoms with E-state index in [1.165, 1.54) is 6.07 Å². The highest BCUT2D eigenvalue weighted by Gasteiger charge is 2.71. The Balaban J connectivity index is 2.41. The largest absolute Gasteiger partial charge is 0.430 e. The van der Waals surface area contributed by atoms with E-state index in [0.29, 0.717) is 44.7 Å². The summed E-state index contributed by atoms with van der Waals surface area (Å²) in [7, 11) is 0. The molecule has 0 saturated heterocycles. The van der Waals surface area contributed by atoms with Gasteiger partial charge in [0.15, 0.2) is 0 Å². The highest BCUT2D eigenvalue weighted by molar-refractivity contribution is 8.02. The van der Waals surface area contributed by atoms with Gasteiger partial charge in [0, 0.05) is 11.3 Å². The minimum absolute atomic E-state index is 0.286. The average Bonchev–Trinajstić information content (AvgIpc) is 3.03. The predicted molar refractivity (Wildman–Crippen MR) is 86.0 cm³/mol. The summed E-state index contributed by atoms with van der Waals surface area (Å²) in [5, 5.41) is 10.9. The summed E-state index contributed by atoms with van der Waals surface area (Å²) in [6.45, 7) is -1.50. The Hall–Kier alpha value is -1.60. The van der Waals surface area contributed by atoms with Gasteiger partial charge >= 0.3 is 18.5 Å². The van der Waals surface area contributed by atoms with Crippen LogP contribution in [0.2, 0.25) is 0 Å². The van der Waals surface area contributed by atoms with E-state index in [0.717, 1.165) is 11.3 Å². The molecule has 2 rings (SSSR count). The molecule has 2 nitrogen and oxygen atoms in total. The SMILES string of the molecule is OC(c1ccc(N(CC(F)(F)F)Sc2cccs2)cc1)(C(F)(F)F)C(F)(F)F. The summed E-state index contributed by atoms with van der Waals surface area (Å²) in [5.41, 5.74) is -6.98. The maximum absolute atomic E-state index is 12.9. The molecule has 0 aliphatic carbocycles. The Labute approximate surface area is 160 Å². The number of hydrogen-bond acceptors (Lipinski definition) is 4. The number of hydrogen-bond donors (Lipinski definition) is 1. The van der Waals surface area contributed by atoms with Crippen molar-refractivity contribution in [3.63, 3.8) is 0 Å². The van der Waals surface area contributed by atoms with E-state index >= 15 is 0 Å². The molecule has 156 valence electrons. The zero-order valence-corrected chi connectivity index (χ0v) is 15.0. The summed E-state index contributed by atoms with van der Waals surface area (Å²) in [6.07, 6.45) is -16.8. The number of aliphatic hydroxyl groups is 1. The molecule has 0 spiro atoms. The number of benzene rings is 1. The van der Waals surface area contributed by atoms with Crippen LogP contribution in [-0.2, 0) is 5.60 Å². The van der Waals surface area contributed by atoms with E-state index in [1.54, 1.807) is 11.4 Å². The van der Waals surface area contributed by atoms with Gasteiger partial charge in [0.05, 0.1) is 4.21 Å². The molecule has 0 aliphatic heterocycles. The summed E-state index contributed by atoms with van der Waals surface area (Å²) < 4.78 is 117. The van der Waals surface area contributed by atoms with Crippen molar-refractivity contribution < 1.29 is 44.6 Å². The van der Waals surface area contributed by atoms with Crippen molar-refractivity contribution in [3.8, 4) is 0 Å². The predicted octanol–water partition coefficient (Wildman–Crippen LogP) is 6.14. The molecule has 0 saturated carbocycles. The Morgan fingerprint density at radius 1 is 0.857 bits per heavy atom. The Kier molecular flexibility index (Phi) is 6.22. The zero-order valence-electron chi connectivity index (χ0n) is 13.4. The molecule has 28 heavy (non-hydrogen) atoms. The molecule has 0 bridgehead atoms. The molecule has 1 aromatic carbocycles. The fraction of sp³-hybridized carbons (Fsp3) is 0.333. The van der Waals surface area contributed by atoms with Gasteiger partial charge in [-0.05, 0) is 35.5 Å². The number of anilines is 1. The molecule has 1 aromatic heterocycles. The fourth-order valence-electron chi connectivity index (χ4n) is 2.12. The Morgan fingerprint density at radius 3 is 1.79 bits per heavy atom. The first-order chi connectivity index (χ1) is 12.6. The third-order valence-corrected chi connectivity index (χ3v) is 5.46. The molecular formula is C15H10F9NOS2. The van der Waals surface area contributed by atoms with Crippen LogP contribution in [0.3, 0.4) is 0 Å². The lowest BCUT2D eigenvalue weighted by molar-refractivity contribution is -0.376. The van der Waals surface area contributed by atoms with Crippen LogP contribution in [0, 0.1) is 0 Å². The number of thiophene rings is 1. The van der Waals surface area contributed by atoms with Gasteiger partial charge in [-0.25, -0.2) is 0 Å². The first-order valence-electron chi connectivity index (χ1n) is 7.17. The second-order valence-corrected chi connectivity index (χ2v) is 7.70. The minimum Gasteiger partial charge on any atom is -0.369 e. The lowest BCUT2D eigenvalue weighted by Crippen LogP contribution is -2.53. The van der Waals surface area contributed by atoms with Crippen LogP contribution < -0.4 is 4.31 Å². The van der Waals surface area contributed by atoms with Crippen molar-refractivity contribution >= 4 is 29.0 Å². The molecule has 13 heteroatoms. The van der Waals surface area contributed by atoms with Gasteiger partial charge in [0.25, 0.3) is 5.60 Å². The van der Waals surface area contributed by atoms with E-state index in [1.807, 2.05) is 0 Å². The normalized spacial score (nSPS) is 13.6. The third kappa shape index (κ3) is 4.87. The summed E-state index contributed by atoms with van der Waals surface area (Å²) in [4.78, 5) is 0. The molecule has 0 unspecified atom stereocenters. The summed E-state index contributed by atoms with van der Waals surface area (Å²) in [6, 6.07) is 4.98. The van der Waals surface area contributed by atoms with Crippen molar-refractivity contribution in [2.75, 3.05) is 10.8 Å². The minimum atomic E-state index is -6.08. The first-order valence-corrected chi connectivity index (χ1v) is 8.82. The van der Waals surface area contributed by atoms with Gasteiger partial charge in [0.2, 0.25) is 0 Å². The molecule has 0 aliphatic rings. The molecular weight excluding hydrogens is 445 g/mol. The Morgan fingerprint density at radius 2 is 1.39 bits per heavy atom. The maximum Gasteiger partial charge on any atom is 0.430 e. The van der Waals surface area contributed by atoms with E-state index in [4.69, 9.17) is 0 Å². The standard InChI is InChI=1S/C15H10F9NOS2/c16-12(17,18)8-25(28-11-2-1-7-27-11)10-5-3-9(4-6-10)13(26,14(19,20)21)15(22,23)24/h1-7,26H,8H2. The van der Waals surface area contributed by atoms with Gasteiger partial charge in [-0.3, -0.25) is 0 Å². The highest BCUT2D eigenvalue weighted by atomic mass is 32.2. The molecule has 1 N–H and O–H groups in total. The van der Waals surface area contributed by atoms with Crippen molar-refractivity contribution in [1.29, 1.82) is 0 Å². The highest BCUT2D eigenvalue weighted by Crippen LogP contribution is 2.50. The van der Waals surface area contributed by atoms with Crippen LogP contribution in [0.15, 0.2) is 46.0 Å². The number of alkyl halides is 9. The summed E-state index contributed by atoms with van der Waals surface area (Å²) >= 11 is 1.73. The van der Waals surface area contributed by atoms with Crippen molar-refractivity contribution in [1.82, 2.24) is 0 Å². The van der Waals surface area contributed by atoms with Crippen molar-refractivity contribution in [2.24, 2.45) is 0 Å². The molecule has 0 radical (unpaired) electrons. The number of nitrogens with zero attached hydrogens (tertiary/aromatic N) is 1. The van der Waals surface area contributed by atoms with Gasteiger partial charge in [-0.2, -0.15) is 39.5 Å². The number of halogens is 9. The van der Waals surface area contributed by atoms with Gasteiger partial charge < -0.3 is 9.41 Å². The maximum atomic E-state index is 12.9. The topological polar surface area (TPSA) is 23.5 Å². The zero-order chi connectivity index (χ0) is 21.4. The summed E-state index contributed by atoms with van der Waals surface area (Å²) in [5.74, 6) is 0. The monoisotopic (exact) mass is 455 g/mol. The quantitative estimate of drug-likeness (QED) is 0.433. The molecule has 0 amide bonds. The van der Waals surface area contributed by atoms with E-state index in [-0.39, 0.29) is 5.69 Å². The van der Waals surface area contributed by atoms with Crippen molar-refractivity contribution in [3.05, 3.63) is 47.3 Å². The van der Waals surface area contributed by atoms with Crippen LogP contribution >= 0.6 is 23.3 Å². The second-order valence-electron chi connectivity index (χ2n) is 5.43.